The molecular formula is C22H32N4OS. The molecule has 2 unspecified atom stereocenters. The van der Waals surface area contributed by atoms with Gasteiger partial charge in [0.25, 0.3) is 0 Å². The van der Waals surface area contributed by atoms with E-state index in [1.165, 1.54) is 29.8 Å². The van der Waals surface area contributed by atoms with Crippen LogP contribution in [0, 0.1) is 5.92 Å². The van der Waals surface area contributed by atoms with Crippen molar-refractivity contribution in [2.45, 2.75) is 31.7 Å². The van der Waals surface area contributed by atoms with E-state index in [9.17, 15) is 5.11 Å². The molecule has 28 heavy (non-hydrogen) atoms. The molecule has 6 heteroatoms. The van der Waals surface area contributed by atoms with Crippen molar-refractivity contribution in [1.29, 1.82) is 0 Å². The molecule has 1 aliphatic heterocycles. The minimum Gasteiger partial charge on any atom is -0.508 e. The van der Waals surface area contributed by atoms with Gasteiger partial charge >= 0.3 is 0 Å². The maximum Gasteiger partial charge on any atom is 0.190 e. The third-order valence-corrected chi connectivity index (χ3v) is 6.41. The predicted octanol–water partition coefficient (Wildman–Crippen LogP) is 3.63. The maximum atomic E-state index is 9.36. The molecule has 3 rings (SSSR count). The van der Waals surface area contributed by atoms with Gasteiger partial charge in [0.2, 0.25) is 0 Å². The molecule has 2 aromatic rings. The SMILES string of the molecule is CN=C(NCCCc1ccc(O)cc1)NCC1CCCN(C)C1c1cccs1. The van der Waals surface area contributed by atoms with Crippen LogP contribution in [-0.2, 0) is 6.42 Å². The minimum atomic E-state index is 0.320. The first-order chi connectivity index (χ1) is 13.7. The van der Waals surface area contributed by atoms with Gasteiger partial charge < -0.3 is 15.7 Å². The van der Waals surface area contributed by atoms with Crippen LogP contribution in [-0.4, -0.2) is 49.7 Å². The first-order valence-electron chi connectivity index (χ1n) is 10.1. The molecule has 0 spiro atoms. The van der Waals surface area contributed by atoms with Gasteiger partial charge in [-0.25, -0.2) is 0 Å². The van der Waals surface area contributed by atoms with Crippen molar-refractivity contribution in [3.63, 3.8) is 0 Å². The van der Waals surface area contributed by atoms with E-state index in [2.05, 4.69) is 45.1 Å². The number of phenolic OH excluding ortho intramolecular Hbond substituents is 1. The molecule has 2 heterocycles. The van der Waals surface area contributed by atoms with Gasteiger partial charge in [-0.2, -0.15) is 0 Å². The second kappa shape index (κ2) is 10.5. The van der Waals surface area contributed by atoms with Gasteiger partial charge in [0, 0.05) is 31.1 Å². The van der Waals surface area contributed by atoms with E-state index in [0.29, 0.717) is 17.7 Å². The molecule has 1 aromatic carbocycles. The maximum absolute atomic E-state index is 9.36. The van der Waals surface area contributed by atoms with Gasteiger partial charge in [0.15, 0.2) is 5.96 Å². The lowest BCUT2D eigenvalue weighted by atomic mass is 9.88. The van der Waals surface area contributed by atoms with Crippen molar-refractivity contribution in [3.8, 4) is 5.75 Å². The average Bonchev–Trinajstić information content (AvgIpc) is 3.23. The molecule has 2 atom stereocenters. The van der Waals surface area contributed by atoms with E-state index >= 15 is 0 Å². The zero-order valence-corrected chi connectivity index (χ0v) is 17.7. The highest BCUT2D eigenvalue weighted by molar-refractivity contribution is 7.10. The van der Waals surface area contributed by atoms with Gasteiger partial charge in [-0.3, -0.25) is 9.89 Å². The Hall–Kier alpha value is -2.05. The predicted molar refractivity (Wildman–Crippen MR) is 118 cm³/mol. The fraction of sp³-hybridized carbons (Fsp3) is 0.500. The molecule has 0 aliphatic carbocycles. The summed E-state index contributed by atoms with van der Waals surface area (Å²) in [5, 5.41) is 18.5. The Morgan fingerprint density at radius 1 is 1.25 bits per heavy atom. The number of piperidine rings is 1. The topological polar surface area (TPSA) is 59.9 Å². The summed E-state index contributed by atoms with van der Waals surface area (Å²) in [4.78, 5) is 8.35. The fourth-order valence-corrected chi connectivity index (χ4v) is 4.98. The number of aromatic hydroxyl groups is 1. The van der Waals surface area contributed by atoms with Gasteiger partial charge in [-0.05, 0) is 74.3 Å². The average molecular weight is 401 g/mol. The standard InChI is InChI=1S/C22H32N4OS/c1-23-22(24-13-3-6-17-9-11-19(27)12-10-17)25-16-18-7-4-14-26(2)21(18)20-8-5-15-28-20/h5,8-12,15,18,21,27H,3-4,6-7,13-14,16H2,1-2H3,(H2,23,24,25). The smallest absolute Gasteiger partial charge is 0.190 e. The highest BCUT2D eigenvalue weighted by Crippen LogP contribution is 2.36. The molecule has 152 valence electrons. The number of phenols is 1. The largest absolute Gasteiger partial charge is 0.508 e. The number of aliphatic imine (C=N–C) groups is 1. The summed E-state index contributed by atoms with van der Waals surface area (Å²) in [6, 6.07) is 12.4. The molecule has 0 amide bonds. The second-order valence-electron chi connectivity index (χ2n) is 7.49. The van der Waals surface area contributed by atoms with Crippen molar-refractivity contribution < 1.29 is 5.11 Å². The molecule has 1 fully saturated rings. The van der Waals surface area contributed by atoms with Crippen LogP contribution in [0.4, 0.5) is 0 Å². The van der Waals surface area contributed by atoms with Crippen LogP contribution in [0.25, 0.3) is 0 Å². The van der Waals surface area contributed by atoms with Crippen LogP contribution in [0.1, 0.15) is 35.7 Å². The van der Waals surface area contributed by atoms with Gasteiger partial charge in [0.1, 0.15) is 5.75 Å². The molecule has 1 aromatic heterocycles. The Bertz CT molecular complexity index is 730. The summed E-state index contributed by atoms with van der Waals surface area (Å²) in [6.07, 6.45) is 4.51. The molecule has 0 bridgehead atoms. The summed E-state index contributed by atoms with van der Waals surface area (Å²) in [5.74, 6) is 1.79. The highest BCUT2D eigenvalue weighted by atomic mass is 32.1. The summed E-state index contributed by atoms with van der Waals surface area (Å²) in [5.41, 5.74) is 1.24. The number of rotatable bonds is 7. The van der Waals surface area contributed by atoms with E-state index in [0.717, 1.165) is 31.9 Å². The van der Waals surface area contributed by atoms with Crippen LogP contribution in [0.5, 0.6) is 5.75 Å². The molecule has 1 saturated heterocycles. The van der Waals surface area contributed by atoms with Gasteiger partial charge in [-0.1, -0.05) is 18.2 Å². The second-order valence-corrected chi connectivity index (χ2v) is 8.47. The molecule has 3 N–H and O–H groups in total. The summed E-state index contributed by atoms with van der Waals surface area (Å²) < 4.78 is 0. The Kier molecular flexibility index (Phi) is 7.74. The number of benzene rings is 1. The third-order valence-electron chi connectivity index (χ3n) is 5.47. The van der Waals surface area contributed by atoms with Crippen molar-refractivity contribution in [3.05, 3.63) is 52.2 Å². The number of hydrogen-bond donors (Lipinski definition) is 3. The lowest BCUT2D eigenvalue weighted by Crippen LogP contribution is -2.45. The Labute approximate surface area is 172 Å². The zero-order valence-electron chi connectivity index (χ0n) is 16.9. The number of guanidine groups is 1. The lowest BCUT2D eigenvalue weighted by molar-refractivity contribution is 0.125. The highest BCUT2D eigenvalue weighted by Gasteiger charge is 2.31. The summed E-state index contributed by atoms with van der Waals surface area (Å²) >= 11 is 1.86. The van der Waals surface area contributed by atoms with Crippen LogP contribution >= 0.6 is 11.3 Å². The Balaban J connectivity index is 1.44. The summed E-state index contributed by atoms with van der Waals surface area (Å²) in [7, 11) is 4.08. The van der Waals surface area contributed by atoms with E-state index in [1.54, 1.807) is 12.1 Å². The van der Waals surface area contributed by atoms with E-state index in [4.69, 9.17) is 0 Å². The number of nitrogens with zero attached hydrogens (tertiary/aromatic N) is 2. The minimum absolute atomic E-state index is 0.320. The van der Waals surface area contributed by atoms with Crippen molar-refractivity contribution in [1.82, 2.24) is 15.5 Å². The van der Waals surface area contributed by atoms with Crippen LogP contribution < -0.4 is 10.6 Å². The van der Waals surface area contributed by atoms with E-state index in [1.807, 2.05) is 30.5 Å². The Morgan fingerprint density at radius 3 is 2.79 bits per heavy atom. The van der Waals surface area contributed by atoms with Crippen LogP contribution in [0.15, 0.2) is 46.8 Å². The van der Waals surface area contributed by atoms with Crippen LogP contribution in [0.3, 0.4) is 0 Å². The van der Waals surface area contributed by atoms with Crippen molar-refractivity contribution in [2.24, 2.45) is 10.9 Å². The van der Waals surface area contributed by atoms with Crippen molar-refractivity contribution in [2.75, 3.05) is 33.7 Å². The molecule has 0 radical (unpaired) electrons. The summed E-state index contributed by atoms with van der Waals surface area (Å²) in [6.45, 7) is 2.98. The fourth-order valence-electron chi connectivity index (χ4n) is 3.99. The normalized spacial score (nSPS) is 20.9. The molecule has 1 aliphatic rings. The number of likely N-dealkylation sites (tertiary alicyclic amines) is 1. The zero-order chi connectivity index (χ0) is 19.8. The molecular weight excluding hydrogens is 368 g/mol. The quantitative estimate of drug-likeness (QED) is 0.377. The number of thiophene rings is 1. The first-order valence-corrected chi connectivity index (χ1v) is 11.0. The van der Waals surface area contributed by atoms with Crippen LogP contribution in [0.2, 0.25) is 0 Å². The number of nitrogens with one attached hydrogen (secondary N) is 2. The Morgan fingerprint density at radius 2 is 2.07 bits per heavy atom. The van der Waals surface area contributed by atoms with E-state index in [-0.39, 0.29) is 0 Å². The van der Waals surface area contributed by atoms with Gasteiger partial charge in [-0.15, -0.1) is 11.3 Å². The van der Waals surface area contributed by atoms with Crippen molar-refractivity contribution >= 4 is 17.3 Å². The monoisotopic (exact) mass is 400 g/mol. The number of aryl methyl sites for hydroxylation is 1. The third kappa shape index (κ3) is 5.72. The van der Waals surface area contributed by atoms with E-state index < -0.39 is 0 Å². The first kappa shape index (κ1) is 20.7. The number of hydrogen-bond acceptors (Lipinski definition) is 4. The molecule has 0 saturated carbocycles. The van der Waals surface area contributed by atoms with Gasteiger partial charge in [0.05, 0.1) is 0 Å². The lowest BCUT2D eigenvalue weighted by Gasteiger charge is -2.39. The molecule has 5 nitrogen and oxygen atoms in total.